The molecule has 106 valence electrons. The van der Waals surface area contributed by atoms with Crippen LogP contribution in [0, 0.1) is 0 Å². The van der Waals surface area contributed by atoms with Gasteiger partial charge in [0.2, 0.25) is 0 Å². The summed E-state index contributed by atoms with van der Waals surface area (Å²) in [6, 6.07) is 14.5. The number of hydrogen-bond donors (Lipinski definition) is 0. The Bertz CT molecular complexity index is 732. The SMILES string of the molecule is c1ccc(N2CCN(c3nsc4ccccc34)CC2)nc1. The predicted molar refractivity (Wildman–Crippen MR) is 88.3 cm³/mol. The lowest BCUT2D eigenvalue weighted by Gasteiger charge is -2.35. The van der Waals surface area contributed by atoms with Gasteiger partial charge in [0, 0.05) is 37.8 Å². The second kappa shape index (κ2) is 5.33. The fraction of sp³-hybridized carbons (Fsp3) is 0.250. The van der Waals surface area contributed by atoms with Crippen molar-refractivity contribution in [1.82, 2.24) is 9.36 Å². The van der Waals surface area contributed by atoms with Crippen LogP contribution in [0.5, 0.6) is 0 Å². The van der Waals surface area contributed by atoms with Crippen molar-refractivity contribution in [3.8, 4) is 0 Å². The smallest absolute Gasteiger partial charge is 0.150 e. The summed E-state index contributed by atoms with van der Waals surface area (Å²) in [5, 5.41) is 1.27. The number of pyridine rings is 1. The second-order valence-electron chi connectivity index (χ2n) is 5.16. The first kappa shape index (κ1) is 12.6. The highest BCUT2D eigenvalue weighted by Crippen LogP contribution is 2.30. The Balaban J connectivity index is 1.53. The topological polar surface area (TPSA) is 32.3 Å². The largest absolute Gasteiger partial charge is 0.353 e. The summed E-state index contributed by atoms with van der Waals surface area (Å²) in [5.74, 6) is 2.21. The van der Waals surface area contributed by atoms with Gasteiger partial charge in [0.1, 0.15) is 11.6 Å². The number of hydrogen-bond acceptors (Lipinski definition) is 5. The zero-order valence-electron chi connectivity index (χ0n) is 11.6. The van der Waals surface area contributed by atoms with Gasteiger partial charge >= 0.3 is 0 Å². The Hall–Kier alpha value is -2.14. The molecule has 0 bridgehead atoms. The molecule has 0 atom stereocenters. The zero-order chi connectivity index (χ0) is 14.1. The van der Waals surface area contributed by atoms with E-state index in [1.165, 1.54) is 10.1 Å². The summed E-state index contributed by atoms with van der Waals surface area (Å²) in [7, 11) is 0. The van der Waals surface area contributed by atoms with Crippen LogP contribution in [-0.4, -0.2) is 35.5 Å². The van der Waals surface area contributed by atoms with Crippen LogP contribution in [-0.2, 0) is 0 Å². The molecule has 1 fully saturated rings. The first-order valence-corrected chi connectivity index (χ1v) is 7.94. The summed E-state index contributed by atoms with van der Waals surface area (Å²) < 4.78 is 5.91. The van der Waals surface area contributed by atoms with Crippen molar-refractivity contribution in [2.24, 2.45) is 0 Å². The van der Waals surface area contributed by atoms with Crippen LogP contribution in [0.25, 0.3) is 10.1 Å². The van der Waals surface area contributed by atoms with Crippen molar-refractivity contribution in [3.63, 3.8) is 0 Å². The minimum atomic E-state index is 0.989. The number of nitrogens with zero attached hydrogens (tertiary/aromatic N) is 4. The Kier molecular flexibility index (Phi) is 3.20. The Morgan fingerprint density at radius 2 is 1.62 bits per heavy atom. The molecule has 1 aliphatic heterocycles. The maximum atomic E-state index is 4.65. The molecule has 2 aromatic heterocycles. The van der Waals surface area contributed by atoms with Gasteiger partial charge in [0.05, 0.1) is 4.70 Å². The number of aromatic nitrogens is 2. The molecule has 0 N–H and O–H groups in total. The van der Waals surface area contributed by atoms with Crippen molar-refractivity contribution in [1.29, 1.82) is 0 Å². The van der Waals surface area contributed by atoms with Crippen LogP contribution in [0.4, 0.5) is 11.6 Å². The number of fused-ring (bicyclic) bond motifs is 1. The van der Waals surface area contributed by atoms with E-state index in [1.54, 1.807) is 11.5 Å². The normalized spacial score (nSPS) is 15.6. The van der Waals surface area contributed by atoms with Crippen LogP contribution in [0.1, 0.15) is 0 Å². The molecular weight excluding hydrogens is 280 g/mol. The zero-order valence-corrected chi connectivity index (χ0v) is 12.5. The van der Waals surface area contributed by atoms with Gasteiger partial charge in [-0.15, -0.1) is 0 Å². The van der Waals surface area contributed by atoms with E-state index < -0.39 is 0 Å². The van der Waals surface area contributed by atoms with E-state index in [0.29, 0.717) is 0 Å². The van der Waals surface area contributed by atoms with Crippen LogP contribution in [0.3, 0.4) is 0 Å². The van der Waals surface area contributed by atoms with Crippen molar-refractivity contribution in [3.05, 3.63) is 48.7 Å². The van der Waals surface area contributed by atoms with Gasteiger partial charge in [-0.25, -0.2) is 4.98 Å². The van der Waals surface area contributed by atoms with Crippen LogP contribution < -0.4 is 9.80 Å². The third kappa shape index (κ3) is 2.34. The van der Waals surface area contributed by atoms with E-state index in [0.717, 1.165) is 37.8 Å². The van der Waals surface area contributed by atoms with E-state index in [2.05, 4.69) is 49.5 Å². The highest BCUT2D eigenvalue weighted by atomic mass is 32.1. The average molecular weight is 296 g/mol. The first-order chi connectivity index (χ1) is 10.4. The lowest BCUT2D eigenvalue weighted by Crippen LogP contribution is -2.47. The van der Waals surface area contributed by atoms with E-state index in [1.807, 2.05) is 18.3 Å². The maximum Gasteiger partial charge on any atom is 0.150 e. The van der Waals surface area contributed by atoms with E-state index in [9.17, 15) is 0 Å². The van der Waals surface area contributed by atoms with Crippen LogP contribution in [0.2, 0.25) is 0 Å². The molecule has 3 aromatic rings. The molecular formula is C16H16N4S. The molecule has 0 spiro atoms. The standard InChI is InChI=1S/C16H16N4S/c1-2-6-14-13(5-1)16(18-21-14)20-11-9-19(10-12-20)15-7-3-4-8-17-15/h1-8H,9-12H2. The summed E-state index contributed by atoms with van der Waals surface area (Å²) >= 11 is 1.59. The van der Waals surface area contributed by atoms with Crippen molar-refractivity contribution in [2.45, 2.75) is 0 Å². The Labute approximate surface area is 127 Å². The predicted octanol–water partition coefficient (Wildman–Crippen LogP) is 3.02. The van der Waals surface area contributed by atoms with Gasteiger partial charge in [-0.05, 0) is 35.8 Å². The second-order valence-corrected chi connectivity index (χ2v) is 5.97. The lowest BCUT2D eigenvalue weighted by atomic mass is 10.2. The molecule has 1 saturated heterocycles. The molecule has 1 aliphatic rings. The Morgan fingerprint density at radius 1 is 0.857 bits per heavy atom. The van der Waals surface area contributed by atoms with Crippen molar-refractivity contribution >= 4 is 33.3 Å². The molecule has 0 unspecified atom stereocenters. The number of anilines is 2. The van der Waals surface area contributed by atoms with Gasteiger partial charge in [-0.3, -0.25) is 0 Å². The number of benzene rings is 1. The van der Waals surface area contributed by atoms with E-state index in [4.69, 9.17) is 0 Å². The number of rotatable bonds is 2. The minimum Gasteiger partial charge on any atom is -0.353 e. The lowest BCUT2D eigenvalue weighted by molar-refractivity contribution is 0.645. The highest BCUT2D eigenvalue weighted by molar-refractivity contribution is 7.13. The molecule has 3 heterocycles. The highest BCUT2D eigenvalue weighted by Gasteiger charge is 2.21. The van der Waals surface area contributed by atoms with Crippen LogP contribution >= 0.6 is 11.5 Å². The molecule has 21 heavy (non-hydrogen) atoms. The summed E-state index contributed by atoms with van der Waals surface area (Å²) in [4.78, 5) is 9.16. The monoisotopic (exact) mass is 296 g/mol. The van der Waals surface area contributed by atoms with Gasteiger partial charge < -0.3 is 9.80 Å². The minimum absolute atomic E-state index is 0.989. The molecule has 0 amide bonds. The molecule has 0 aliphatic carbocycles. The Morgan fingerprint density at radius 3 is 2.43 bits per heavy atom. The van der Waals surface area contributed by atoms with Gasteiger partial charge in [0.25, 0.3) is 0 Å². The van der Waals surface area contributed by atoms with Crippen LogP contribution in [0.15, 0.2) is 48.7 Å². The third-order valence-electron chi connectivity index (χ3n) is 3.91. The quantitative estimate of drug-likeness (QED) is 0.727. The van der Waals surface area contributed by atoms with Gasteiger partial charge in [0.15, 0.2) is 0 Å². The fourth-order valence-electron chi connectivity index (χ4n) is 2.79. The molecule has 0 radical (unpaired) electrons. The molecule has 0 saturated carbocycles. The fourth-order valence-corrected chi connectivity index (χ4v) is 3.58. The van der Waals surface area contributed by atoms with E-state index >= 15 is 0 Å². The van der Waals surface area contributed by atoms with Crippen molar-refractivity contribution < 1.29 is 0 Å². The summed E-state index contributed by atoms with van der Waals surface area (Å²) in [6.45, 7) is 3.96. The summed E-state index contributed by atoms with van der Waals surface area (Å²) in [5.41, 5.74) is 0. The molecule has 4 nitrogen and oxygen atoms in total. The van der Waals surface area contributed by atoms with Gasteiger partial charge in [-0.1, -0.05) is 18.2 Å². The van der Waals surface area contributed by atoms with Gasteiger partial charge in [-0.2, -0.15) is 4.37 Å². The molecule has 5 heteroatoms. The molecule has 4 rings (SSSR count). The maximum absolute atomic E-state index is 4.65. The first-order valence-electron chi connectivity index (χ1n) is 7.17. The third-order valence-corrected chi connectivity index (χ3v) is 4.73. The molecule has 1 aromatic carbocycles. The average Bonchev–Trinajstić information content (AvgIpc) is 3.00. The number of piperazine rings is 1. The summed E-state index contributed by atoms with van der Waals surface area (Å²) in [6.07, 6.45) is 1.86. The van der Waals surface area contributed by atoms with Crippen molar-refractivity contribution in [2.75, 3.05) is 36.0 Å². The van der Waals surface area contributed by atoms with E-state index in [-0.39, 0.29) is 0 Å².